The molecule has 3 N–H and O–H groups in total. The number of carbonyl (C=O) groups is 4. The summed E-state index contributed by atoms with van der Waals surface area (Å²) in [4.78, 5) is 55.2. The van der Waals surface area contributed by atoms with Crippen LogP contribution in [0.15, 0.2) is 54.6 Å². The number of piperidine rings is 2. The fraction of sp³-hybridized carbons (Fsp3) is 0.529. The quantitative estimate of drug-likeness (QED) is 0.116. The number of hydrogen-bond acceptors (Lipinski definition) is 9. The number of imide groups is 1. The average molecular weight is 860 g/mol. The van der Waals surface area contributed by atoms with Gasteiger partial charge in [0.1, 0.15) is 24.0 Å². The Bertz CT molecular complexity index is 2210. The summed E-state index contributed by atoms with van der Waals surface area (Å²) in [5, 5.41) is 8.33. The topological polar surface area (TPSA) is 139 Å². The second-order valence-electron chi connectivity index (χ2n) is 19.6. The van der Waals surface area contributed by atoms with Crippen LogP contribution in [-0.2, 0) is 9.59 Å². The molecule has 1 atom stereocenters. The molecule has 12 nitrogen and oxygen atoms in total. The van der Waals surface area contributed by atoms with Crippen LogP contribution in [0.4, 0.5) is 5.69 Å². The average Bonchev–Trinajstić information content (AvgIpc) is 3.23. The molecule has 0 radical (unpaired) electrons. The monoisotopic (exact) mass is 859 g/mol. The number of carbonyl (C=O) groups excluding carboxylic acids is 4. The molecule has 4 amide bonds. The molecule has 0 spiro atoms. The Morgan fingerprint density at radius 2 is 1.49 bits per heavy atom. The first-order chi connectivity index (χ1) is 29.9. The minimum absolute atomic E-state index is 0.0371. The molecule has 12 heteroatoms. The predicted octanol–water partition coefficient (Wildman–Crippen LogP) is 6.98. The SMILES string of the molecule is C#Cc1c(C)cc(OC2C(C)(C)C(NC(=O)c3ccc(N4CCC(CN(C(C)C)C5CC(Oc6ccc(C(=O)NC7CCC(=O)NC7=O)cc6OC)C5)CC4)cc3)C2(C)C)cc1C. The molecule has 0 aromatic heterocycles. The van der Waals surface area contributed by atoms with Gasteiger partial charge in [-0.15, -0.1) is 6.42 Å². The molecule has 2 saturated heterocycles. The lowest BCUT2D eigenvalue weighted by Crippen LogP contribution is -2.74. The van der Waals surface area contributed by atoms with Crippen LogP contribution < -0.4 is 35.1 Å². The van der Waals surface area contributed by atoms with E-state index in [9.17, 15) is 19.2 Å². The van der Waals surface area contributed by atoms with E-state index in [-0.39, 0.29) is 53.7 Å². The first kappa shape index (κ1) is 45.5. The van der Waals surface area contributed by atoms with Crippen LogP contribution in [0.25, 0.3) is 0 Å². The first-order valence-corrected chi connectivity index (χ1v) is 22.5. The maximum atomic E-state index is 13.6. The highest BCUT2D eigenvalue weighted by molar-refractivity contribution is 6.04. The smallest absolute Gasteiger partial charge is 0.252 e. The van der Waals surface area contributed by atoms with Crippen molar-refractivity contribution in [3.63, 3.8) is 0 Å². The summed E-state index contributed by atoms with van der Waals surface area (Å²) < 4.78 is 18.6. The number of hydrogen-bond donors (Lipinski definition) is 3. The van der Waals surface area contributed by atoms with E-state index in [1.54, 1.807) is 25.3 Å². The second kappa shape index (κ2) is 18.3. The van der Waals surface area contributed by atoms with Gasteiger partial charge >= 0.3 is 0 Å². The van der Waals surface area contributed by atoms with Crippen LogP contribution in [0.3, 0.4) is 0 Å². The van der Waals surface area contributed by atoms with E-state index in [2.05, 4.69) is 85.3 Å². The van der Waals surface area contributed by atoms with Gasteiger partial charge in [-0.1, -0.05) is 33.6 Å². The first-order valence-electron chi connectivity index (χ1n) is 22.5. The van der Waals surface area contributed by atoms with Gasteiger partial charge in [-0.3, -0.25) is 29.4 Å². The van der Waals surface area contributed by atoms with Crippen molar-refractivity contribution in [2.75, 3.05) is 31.6 Å². The van der Waals surface area contributed by atoms with Gasteiger partial charge in [0, 0.05) is 90.2 Å². The van der Waals surface area contributed by atoms with Crippen LogP contribution in [0.1, 0.15) is 117 Å². The number of ether oxygens (including phenoxy) is 3. The summed E-state index contributed by atoms with van der Waals surface area (Å²) >= 11 is 0. The third kappa shape index (κ3) is 9.54. The molecule has 2 heterocycles. The van der Waals surface area contributed by atoms with E-state index in [1.807, 2.05) is 38.1 Å². The number of rotatable bonds is 14. The molecule has 336 valence electrons. The zero-order valence-corrected chi connectivity index (χ0v) is 38.4. The lowest BCUT2D eigenvalue weighted by atomic mass is 9.49. The number of anilines is 1. The Morgan fingerprint density at radius 1 is 0.873 bits per heavy atom. The van der Waals surface area contributed by atoms with Crippen molar-refractivity contribution in [2.24, 2.45) is 16.7 Å². The summed E-state index contributed by atoms with van der Waals surface area (Å²) in [6, 6.07) is 17.1. The number of nitrogens with one attached hydrogen (secondary N) is 3. The molecular formula is C51H65N5O7. The van der Waals surface area contributed by atoms with Crippen LogP contribution in [0.5, 0.6) is 17.2 Å². The third-order valence-electron chi connectivity index (χ3n) is 14.1. The van der Waals surface area contributed by atoms with Crippen molar-refractivity contribution in [3.05, 3.63) is 82.4 Å². The number of methoxy groups -OCH3 is 1. The Labute approximate surface area is 373 Å². The van der Waals surface area contributed by atoms with E-state index < -0.39 is 17.9 Å². The highest BCUT2D eigenvalue weighted by atomic mass is 16.5. The van der Waals surface area contributed by atoms with Crippen molar-refractivity contribution in [3.8, 4) is 29.6 Å². The lowest BCUT2D eigenvalue weighted by molar-refractivity contribution is -0.164. The molecule has 2 saturated carbocycles. The zero-order chi connectivity index (χ0) is 45.4. The van der Waals surface area contributed by atoms with Gasteiger partial charge in [0.15, 0.2) is 11.5 Å². The Morgan fingerprint density at radius 3 is 2.08 bits per heavy atom. The molecule has 1 unspecified atom stereocenters. The lowest BCUT2D eigenvalue weighted by Gasteiger charge is -2.63. The fourth-order valence-corrected chi connectivity index (χ4v) is 10.7. The zero-order valence-electron chi connectivity index (χ0n) is 38.4. The minimum Gasteiger partial charge on any atom is -0.493 e. The second-order valence-corrected chi connectivity index (χ2v) is 19.6. The largest absolute Gasteiger partial charge is 0.493 e. The molecule has 4 aliphatic rings. The van der Waals surface area contributed by atoms with Crippen molar-refractivity contribution in [2.45, 2.75) is 130 Å². The molecular weight excluding hydrogens is 795 g/mol. The molecule has 3 aromatic rings. The van der Waals surface area contributed by atoms with Crippen LogP contribution in [0.2, 0.25) is 0 Å². The molecule has 7 rings (SSSR count). The maximum Gasteiger partial charge on any atom is 0.252 e. The highest BCUT2D eigenvalue weighted by Gasteiger charge is 2.64. The highest BCUT2D eigenvalue weighted by Crippen LogP contribution is 2.55. The maximum absolute atomic E-state index is 13.6. The van der Waals surface area contributed by atoms with Crippen LogP contribution in [-0.4, -0.2) is 91.6 Å². The van der Waals surface area contributed by atoms with Gasteiger partial charge in [0.25, 0.3) is 11.8 Å². The van der Waals surface area contributed by atoms with E-state index in [0.29, 0.717) is 40.6 Å². The van der Waals surface area contributed by atoms with Crippen LogP contribution >= 0.6 is 0 Å². The summed E-state index contributed by atoms with van der Waals surface area (Å²) in [7, 11) is 1.54. The Hall–Kier alpha value is -5.54. The normalized spacial score (nSPS) is 24.1. The van der Waals surface area contributed by atoms with Crippen molar-refractivity contribution in [1.29, 1.82) is 0 Å². The Balaban J connectivity index is 0.863. The van der Waals surface area contributed by atoms with E-state index >= 15 is 0 Å². The number of amides is 4. The van der Waals surface area contributed by atoms with Gasteiger partial charge in [-0.05, 0) is 119 Å². The van der Waals surface area contributed by atoms with Crippen molar-refractivity contribution in [1.82, 2.24) is 20.9 Å². The van der Waals surface area contributed by atoms with Gasteiger partial charge < -0.3 is 29.7 Å². The predicted molar refractivity (Wildman–Crippen MR) is 244 cm³/mol. The molecule has 3 aromatic carbocycles. The number of benzene rings is 3. The van der Waals surface area contributed by atoms with Gasteiger partial charge in [-0.2, -0.15) is 0 Å². The Kier molecular flexibility index (Phi) is 13.2. The molecule has 0 bridgehead atoms. The summed E-state index contributed by atoms with van der Waals surface area (Å²) in [5.74, 6) is 3.89. The molecule has 4 fully saturated rings. The third-order valence-corrected chi connectivity index (χ3v) is 14.1. The van der Waals surface area contributed by atoms with E-state index in [4.69, 9.17) is 20.6 Å². The standard InChI is InChI=1S/C51H65N5O7/c1-11-40-31(4)24-38(25-32(40)5)63-49-50(6,7)48(51(49,8)9)54-45(58)34-12-15-36(16-13-34)55-22-20-33(21-23-55)29-56(30(2)3)37-27-39(28-37)62-42-18-14-35(26-43(42)61-10)46(59)52-41-17-19-44(57)53-47(41)60/h1,12-16,18,24-26,30,33,37,39,41,48-49H,17,19-23,27-29H2,2-10H3,(H,52,59)(H,54,58)(H,53,57,60). The fourth-order valence-electron chi connectivity index (χ4n) is 10.7. The van der Waals surface area contributed by atoms with Crippen molar-refractivity contribution < 1.29 is 33.4 Å². The number of aryl methyl sites for hydroxylation is 2. The molecule has 2 aliphatic heterocycles. The van der Waals surface area contributed by atoms with Crippen LogP contribution in [0, 0.1) is 42.9 Å². The van der Waals surface area contributed by atoms with Gasteiger partial charge in [-0.25, -0.2) is 0 Å². The summed E-state index contributed by atoms with van der Waals surface area (Å²) in [5.41, 5.74) is 4.51. The van der Waals surface area contributed by atoms with E-state index in [1.165, 1.54) is 0 Å². The molecule has 2 aliphatic carbocycles. The summed E-state index contributed by atoms with van der Waals surface area (Å²) in [6.07, 6.45) is 10.1. The van der Waals surface area contributed by atoms with E-state index in [0.717, 1.165) is 73.4 Å². The van der Waals surface area contributed by atoms with Gasteiger partial charge in [0.2, 0.25) is 11.8 Å². The minimum atomic E-state index is -0.755. The number of nitrogens with zero attached hydrogens (tertiary/aromatic N) is 2. The summed E-state index contributed by atoms with van der Waals surface area (Å²) in [6.45, 7) is 20.2. The number of terminal acetylenes is 1. The molecule has 63 heavy (non-hydrogen) atoms. The van der Waals surface area contributed by atoms with Gasteiger partial charge in [0.05, 0.1) is 7.11 Å². The van der Waals surface area contributed by atoms with Crippen molar-refractivity contribution >= 4 is 29.3 Å².